The van der Waals surface area contributed by atoms with Gasteiger partial charge in [0.25, 0.3) is 11.6 Å². The molecule has 1 aliphatic heterocycles. The van der Waals surface area contributed by atoms with Gasteiger partial charge in [0.05, 0.1) is 11.3 Å². The zero-order chi connectivity index (χ0) is 26.4. The Kier molecular flexibility index (Phi) is 8.15. The summed E-state index contributed by atoms with van der Waals surface area (Å²) in [4.78, 5) is 41.7. The molecule has 37 heavy (non-hydrogen) atoms. The number of rotatable bonds is 9. The summed E-state index contributed by atoms with van der Waals surface area (Å²) in [5.41, 5.74) is 3.46. The molecule has 0 unspecified atom stereocenters. The number of carboxylic acid groups (broad SMARTS) is 1. The van der Waals surface area contributed by atoms with Crippen molar-refractivity contribution in [3.63, 3.8) is 0 Å². The fraction of sp³-hybridized carbons (Fsp3) is 0.286. The van der Waals surface area contributed by atoms with Gasteiger partial charge >= 0.3 is 5.97 Å². The number of nitro groups is 1. The molecule has 1 heterocycles. The molecule has 9 heteroatoms. The number of likely N-dealkylation sites (N-methyl/N-ethyl adjacent to an activating group) is 1. The molecule has 0 aromatic heterocycles. The third-order valence-electron chi connectivity index (χ3n) is 6.55. The SMILES string of the molecule is CN1CCN(c2ccc(-c3cccc(CN(CCC(=O)O)C(=O)c4ccccc4)c3)cc2[N+](=O)[O-])CC1. The van der Waals surface area contributed by atoms with Crippen LogP contribution in [0.4, 0.5) is 11.4 Å². The molecule has 4 rings (SSSR count). The average Bonchev–Trinajstić information content (AvgIpc) is 2.91. The van der Waals surface area contributed by atoms with Crippen molar-refractivity contribution in [3.8, 4) is 11.1 Å². The van der Waals surface area contributed by atoms with Crippen molar-refractivity contribution >= 4 is 23.3 Å². The van der Waals surface area contributed by atoms with Crippen molar-refractivity contribution in [2.24, 2.45) is 0 Å². The molecule has 3 aromatic carbocycles. The second kappa shape index (κ2) is 11.7. The number of carbonyl (C=O) groups is 2. The van der Waals surface area contributed by atoms with E-state index in [1.165, 1.54) is 4.90 Å². The topological polar surface area (TPSA) is 107 Å². The maximum absolute atomic E-state index is 13.1. The monoisotopic (exact) mass is 502 g/mol. The van der Waals surface area contributed by atoms with Crippen LogP contribution < -0.4 is 4.90 Å². The van der Waals surface area contributed by atoms with E-state index in [1.54, 1.807) is 30.3 Å². The van der Waals surface area contributed by atoms with E-state index < -0.39 is 5.97 Å². The minimum absolute atomic E-state index is 0.0646. The van der Waals surface area contributed by atoms with Crippen LogP contribution in [0.15, 0.2) is 72.8 Å². The normalized spacial score (nSPS) is 13.8. The van der Waals surface area contributed by atoms with Crippen molar-refractivity contribution in [2.75, 3.05) is 44.7 Å². The van der Waals surface area contributed by atoms with Crippen LogP contribution in [0.1, 0.15) is 22.3 Å². The molecule has 1 aliphatic rings. The van der Waals surface area contributed by atoms with E-state index in [2.05, 4.69) is 4.90 Å². The molecule has 9 nitrogen and oxygen atoms in total. The highest BCUT2D eigenvalue weighted by molar-refractivity contribution is 5.94. The fourth-order valence-electron chi connectivity index (χ4n) is 4.48. The number of nitro benzene ring substituents is 1. The minimum atomic E-state index is -0.979. The summed E-state index contributed by atoms with van der Waals surface area (Å²) in [6, 6.07) is 21.5. The largest absolute Gasteiger partial charge is 0.481 e. The van der Waals surface area contributed by atoms with Crippen LogP contribution in [-0.2, 0) is 11.3 Å². The molecule has 0 atom stereocenters. The third-order valence-corrected chi connectivity index (χ3v) is 6.55. The maximum Gasteiger partial charge on any atom is 0.305 e. The molecule has 0 spiro atoms. The molecule has 3 aromatic rings. The van der Waals surface area contributed by atoms with E-state index in [9.17, 15) is 24.8 Å². The predicted molar refractivity (Wildman–Crippen MR) is 142 cm³/mol. The highest BCUT2D eigenvalue weighted by Gasteiger charge is 2.23. The van der Waals surface area contributed by atoms with Gasteiger partial charge in [-0.15, -0.1) is 0 Å². The second-order valence-corrected chi connectivity index (χ2v) is 9.19. The van der Waals surface area contributed by atoms with Crippen molar-refractivity contribution in [1.82, 2.24) is 9.80 Å². The Hall–Kier alpha value is -4.24. The van der Waals surface area contributed by atoms with E-state index in [1.807, 2.05) is 54.4 Å². The number of amides is 1. The van der Waals surface area contributed by atoms with Crippen LogP contribution >= 0.6 is 0 Å². The number of carbonyl (C=O) groups excluding carboxylic acids is 1. The highest BCUT2D eigenvalue weighted by atomic mass is 16.6. The molecule has 0 radical (unpaired) electrons. The Bertz CT molecular complexity index is 1270. The summed E-state index contributed by atoms with van der Waals surface area (Å²) in [6.07, 6.45) is -0.168. The van der Waals surface area contributed by atoms with Crippen LogP contribution in [0.2, 0.25) is 0 Å². The van der Waals surface area contributed by atoms with E-state index >= 15 is 0 Å². The van der Waals surface area contributed by atoms with Gasteiger partial charge in [-0.05, 0) is 48.0 Å². The van der Waals surface area contributed by atoms with Gasteiger partial charge in [-0.2, -0.15) is 0 Å². The zero-order valence-corrected chi connectivity index (χ0v) is 20.7. The number of hydrogen-bond acceptors (Lipinski definition) is 6. The Morgan fingerprint density at radius 2 is 1.65 bits per heavy atom. The first kappa shape index (κ1) is 25.8. The van der Waals surface area contributed by atoms with Crippen molar-refractivity contribution in [3.05, 3.63) is 94.0 Å². The lowest BCUT2D eigenvalue weighted by Crippen LogP contribution is -2.44. The summed E-state index contributed by atoms with van der Waals surface area (Å²) in [6.45, 7) is 3.44. The first-order valence-electron chi connectivity index (χ1n) is 12.2. The number of aliphatic carboxylic acids is 1. The zero-order valence-electron chi connectivity index (χ0n) is 20.7. The minimum Gasteiger partial charge on any atom is -0.481 e. The van der Waals surface area contributed by atoms with Crippen LogP contribution in [0, 0.1) is 10.1 Å². The van der Waals surface area contributed by atoms with E-state index in [0.29, 0.717) is 16.8 Å². The first-order chi connectivity index (χ1) is 17.8. The van der Waals surface area contributed by atoms with Gasteiger partial charge in [-0.1, -0.05) is 42.5 Å². The van der Waals surface area contributed by atoms with Crippen LogP contribution in [0.25, 0.3) is 11.1 Å². The lowest BCUT2D eigenvalue weighted by molar-refractivity contribution is -0.384. The fourth-order valence-corrected chi connectivity index (χ4v) is 4.48. The van der Waals surface area contributed by atoms with Gasteiger partial charge in [0.15, 0.2) is 0 Å². The maximum atomic E-state index is 13.1. The molecule has 0 saturated carbocycles. The van der Waals surface area contributed by atoms with Gasteiger partial charge in [0, 0.05) is 50.9 Å². The Morgan fingerprint density at radius 1 is 0.946 bits per heavy atom. The Balaban J connectivity index is 1.59. The number of nitrogens with zero attached hydrogens (tertiary/aromatic N) is 4. The van der Waals surface area contributed by atoms with E-state index in [4.69, 9.17) is 0 Å². The first-order valence-corrected chi connectivity index (χ1v) is 12.2. The standard InChI is InChI=1S/C28H30N4O5/c1-29-14-16-30(17-15-29)25-11-10-24(19-26(25)32(36)37)23-9-5-6-21(18-23)20-31(13-12-27(33)34)28(35)22-7-3-2-4-8-22/h2-11,18-19H,12-17,20H2,1H3,(H,33,34). The van der Waals surface area contributed by atoms with Gasteiger partial charge in [0.1, 0.15) is 5.69 Å². The Morgan fingerprint density at radius 3 is 2.32 bits per heavy atom. The van der Waals surface area contributed by atoms with Crippen molar-refractivity contribution < 1.29 is 19.6 Å². The Labute approximate surface area is 215 Å². The van der Waals surface area contributed by atoms with Gasteiger partial charge in [0.2, 0.25) is 0 Å². The van der Waals surface area contributed by atoms with Crippen LogP contribution in [-0.4, -0.2) is 71.5 Å². The average molecular weight is 503 g/mol. The predicted octanol–water partition coefficient (Wildman–Crippen LogP) is 4.13. The number of piperazine rings is 1. The molecule has 192 valence electrons. The molecule has 1 N–H and O–H groups in total. The summed E-state index contributed by atoms with van der Waals surface area (Å²) in [5.74, 6) is -1.23. The lowest BCUT2D eigenvalue weighted by Gasteiger charge is -2.33. The smallest absolute Gasteiger partial charge is 0.305 e. The molecule has 1 fully saturated rings. The number of carboxylic acids is 1. The van der Waals surface area contributed by atoms with Crippen LogP contribution in [0.3, 0.4) is 0 Å². The van der Waals surface area contributed by atoms with Crippen LogP contribution in [0.5, 0.6) is 0 Å². The van der Waals surface area contributed by atoms with Gasteiger partial charge in [-0.25, -0.2) is 0 Å². The number of anilines is 1. The quantitative estimate of drug-likeness (QED) is 0.346. The second-order valence-electron chi connectivity index (χ2n) is 9.19. The summed E-state index contributed by atoms with van der Waals surface area (Å²) in [5, 5.41) is 21.1. The van der Waals surface area contributed by atoms with Gasteiger partial charge in [-0.3, -0.25) is 19.7 Å². The summed E-state index contributed by atoms with van der Waals surface area (Å²) >= 11 is 0. The lowest BCUT2D eigenvalue weighted by atomic mass is 10.0. The molecular formula is C28H30N4O5. The molecule has 1 saturated heterocycles. The number of benzene rings is 3. The molecule has 0 bridgehead atoms. The van der Waals surface area contributed by atoms with Crippen molar-refractivity contribution in [2.45, 2.75) is 13.0 Å². The third kappa shape index (κ3) is 6.50. The number of hydrogen-bond donors (Lipinski definition) is 1. The highest BCUT2D eigenvalue weighted by Crippen LogP contribution is 2.34. The summed E-state index contributed by atoms with van der Waals surface area (Å²) in [7, 11) is 2.04. The molecule has 1 amide bonds. The summed E-state index contributed by atoms with van der Waals surface area (Å²) < 4.78 is 0. The van der Waals surface area contributed by atoms with Crippen molar-refractivity contribution in [1.29, 1.82) is 0 Å². The van der Waals surface area contributed by atoms with Gasteiger partial charge < -0.3 is 19.8 Å². The van der Waals surface area contributed by atoms with E-state index in [0.717, 1.165) is 37.3 Å². The van der Waals surface area contributed by atoms with E-state index in [-0.39, 0.29) is 36.0 Å². The molecule has 0 aliphatic carbocycles. The molecular weight excluding hydrogens is 472 g/mol.